The first-order valence-electron chi connectivity index (χ1n) is 6.51. The minimum Gasteiger partial charge on any atom is -0.308 e. The quantitative estimate of drug-likeness (QED) is 0.787. The van der Waals surface area contributed by atoms with Crippen molar-refractivity contribution in [3.8, 4) is 0 Å². The molecule has 2 aromatic heterocycles. The highest BCUT2D eigenvalue weighted by Gasteiger charge is 2.12. The molecule has 0 fully saturated rings. The number of fused-ring (bicyclic) bond motifs is 1. The van der Waals surface area contributed by atoms with Crippen LogP contribution >= 0.6 is 11.6 Å². The maximum absolute atomic E-state index is 12.3. The van der Waals surface area contributed by atoms with Crippen molar-refractivity contribution in [2.45, 2.75) is 13.5 Å². The van der Waals surface area contributed by atoms with E-state index in [9.17, 15) is 9.59 Å². The largest absolute Gasteiger partial charge is 0.308 e. The summed E-state index contributed by atoms with van der Waals surface area (Å²) in [5.74, 6) is 0. The van der Waals surface area contributed by atoms with Gasteiger partial charge in [-0.25, -0.2) is 0 Å². The van der Waals surface area contributed by atoms with E-state index in [0.717, 1.165) is 5.56 Å². The molecular weight excluding hydrogens is 290 g/mol. The topological polar surface area (TPSA) is 59.8 Å². The molecule has 0 radical (unpaired) electrons. The Morgan fingerprint density at radius 1 is 1.19 bits per heavy atom. The highest BCUT2D eigenvalue weighted by atomic mass is 35.5. The fourth-order valence-electron chi connectivity index (χ4n) is 2.49. The van der Waals surface area contributed by atoms with Crippen LogP contribution in [0.25, 0.3) is 10.9 Å². The first-order chi connectivity index (χ1) is 9.97. The lowest BCUT2D eigenvalue weighted by Gasteiger charge is -2.10. The van der Waals surface area contributed by atoms with Gasteiger partial charge in [0, 0.05) is 23.8 Å². The van der Waals surface area contributed by atoms with Crippen molar-refractivity contribution >= 4 is 22.5 Å². The first kappa shape index (κ1) is 13.7. The predicted octanol–water partition coefficient (Wildman–Crippen LogP) is 2.04. The monoisotopic (exact) mass is 303 g/mol. The number of aryl methyl sites for hydroxylation is 2. The molecule has 0 saturated heterocycles. The molecule has 0 aliphatic carbocycles. The maximum Gasteiger partial charge on any atom is 0.275 e. The number of benzene rings is 1. The Morgan fingerprint density at radius 3 is 2.52 bits per heavy atom. The van der Waals surface area contributed by atoms with Gasteiger partial charge in [-0.2, -0.15) is 0 Å². The van der Waals surface area contributed by atoms with Crippen molar-refractivity contribution in [1.82, 2.24) is 14.3 Å². The Morgan fingerprint density at radius 2 is 1.86 bits per heavy atom. The van der Waals surface area contributed by atoms with Gasteiger partial charge in [-0.3, -0.25) is 19.4 Å². The highest BCUT2D eigenvalue weighted by Crippen LogP contribution is 2.14. The number of rotatable bonds is 2. The van der Waals surface area contributed by atoms with Gasteiger partial charge in [0.25, 0.3) is 11.1 Å². The van der Waals surface area contributed by atoms with Crippen LogP contribution in [0.15, 0.2) is 39.9 Å². The number of hydrogen-bond donors (Lipinski definition) is 1. The summed E-state index contributed by atoms with van der Waals surface area (Å²) in [6.45, 7) is 2.20. The highest BCUT2D eigenvalue weighted by molar-refractivity contribution is 6.30. The summed E-state index contributed by atoms with van der Waals surface area (Å²) < 4.78 is 2.98. The Bertz CT molecular complexity index is 932. The summed E-state index contributed by atoms with van der Waals surface area (Å²) in [6.07, 6.45) is 0. The van der Waals surface area contributed by atoms with Gasteiger partial charge in [0.2, 0.25) is 0 Å². The molecule has 0 aliphatic rings. The van der Waals surface area contributed by atoms with E-state index in [2.05, 4.69) is 5.10 Å². The van der Waals surface area contributed by atoms with E-state index in [1.807, 2.05) is 12.1 Å². The Kier molecular flexibility index (Phi) is 3.22. The normalized spacial score (nSPS) is 11.2. The molecule has 6 heteroatoms. The third kappa shape index (κ3) is 2.29. The number of hydrogen-bond acceptors (Lipinski definition) is 2. The van der Waals surface area contributed by atoms with E-state index in [1.54, 1.807) is 30.7 Å². The molecular formula is C15H14ClN3O2. The van der Waals surface area contributed by atoms with Crippen molar-refractivity contribution in [2.75, 3.05) is 0 Å². The average molecular weight is 304 g/mol. The molecule has 0 unspecified atom stereocenters. The molecule has 0 saturated carbocycles. The van der Waals surface area contributed by atoms with E-state index in [-0.39, 0.29) is 11.1 Å². The minimum atomic E-state index is -0.142. The lowest BCUT2D eigenvalue weighted by molar-refractivity contribution is 0.738. The standard InChI is InChI=1S/C15H14ClN3O2/c1-9-14-12(17-18(2)15(14)21)7-13(20)19(9)8-10-3-5-11(16)6-4-10/h3-7,17H,8H2,1-2H3. The molecule has 1 N–H and O–H groups in total. The van der Waals surface area contributed by atoms with Crippen LogP contribution < -0.4 is 11.1 Å². The van der Waals surface area contributed by atoms with Crippen LogP contribution in [0, 0.1) is 6.92 Å². The Hall–Kier alpha value is -2.27. The second kappa shape index (κ2) is 4.93. The molecule has 0 spiro atoms. The van der Waals surface area contributed by atoms with E-state index < -0.39 is 0 Å². The lowest BCUT2D eigenvalue weighted by Crippen LogP contribution is -2.23. The van der Waals surface area contributed by atoms with Gasteiger partial charge in [-0.05, 0) is 24.6 Å². The molecule has 3 aromatic rings. The van der Waals surface area contributed by atoms with E-state index in [4.69, 9.17) is 11.6 Å². The average Bonchev–Trinajstić information content (AvgIpc) is 2.72. The van der Waals surface area contributed by atoms with Crippen molar-refractivity contribution in [3.63, 3.8) is 0 Å². The van der Waals surface area contributed by atoms with Crippen LogP contribution in [-0.4, -0.2) is 14.3 Å². The molecule has 2 heterocycles. The summed E-state index contributed by atoms with van der Waals surface area (Å²) in [4.78, 5) is 24.4. The molecule has 1 aromatic carbocycles. The molecule has 0 atom stereocenters. The van der Waals surface area contributed by atoms with E-state index in [1.165, 1.54) is 10.7 Å². The molecule has 3 rings (SSSR count). The van der Waals surface area contributed by atoms with Gasteiger partial charge in [-0.15, -0.1) is 0 Å². The van der Waals surface area contributed by atoms with Crippen LogP contribution in [0.1, 0.15) is 11.3 Å². The first-order valence-corrected chi connectivity index (χ1v) is 6.89. The van der Waals surface area contributed by atoms with Crippen molar-refractivity contribution in [1.29, 1.82) is 0 Å². The van der Waals surface area contributed by atoms with Gasteiger partial charge >= 0.3 is 0 Å². The maximum atomic E-state index is 12.3. The van der Waals surface area contributed by atoms with Crippen LogP contribution in [0.5, 0.6) is 0 Å². The zero-order valence-corrected chi connectivity index (χ0v) is 12.4. The van der Waals surface area contributed by atoms with E-state index >= 15 is 0 Å². The second-order valence-electron chi connectivity index (χ2n) is 5.05. The van der Waals surface area contributed by atoms with Gasteiger partial charge in [-0.1, -0.05) is 23.7 Å². The Balaban J connectivity index is 2.18. The SMILES string of the molecule is Cc1c2c(=O)n(C)[nH]c2cc(=O)n1Cc1ccc(Cl)cc1. The van der Waals surface area contributed by atoms with E-state index in [0.29, 0.717) is 28.2 Å². The molecule has 0 amide bonds. The number of halogens is 1. The zero-order chi connectivity index (χ0) is 15.1. The van der Waals surface area contributed by atoms with Crippen molar-refractivity contribution in [2.24, 2.45) is 7.05 Å². The van der Waals surface area contributed by atoms with Crippen LogP contribution in [0.3, 0.4) is 0 Å². The molecule has 21 heavy (non-hydrogen) atoms. The smallest absolute Gasteiger partial charge is 0.275 e. The molecule has 0 aliphatic heterocycles. The van der Waals surface area contributed by atoms with Gasteiger partial charge in [0.1, 0.15) is 0 Å². The van der Waals surface area contributed by atoms with Crippen LogP contribution in [-0.2, 0) is 13.6 Å². The fourth-order valence-corrected chi connectivity index (χ4v) is 2.62. The predicted molar refractivity (Wildman–Crippen MR) is 83.1 cm³/mol. The van der Waals surface area contributed by atoms with Gasteiger partial charge < -0.3 is 4.57 Å². The molecule has 5 nitrogen and oxygen atoms in total. The van der Waals surface area contributed by atoms with Crippen LogP contribution in [0.2, 0.25) is 5.02 Å². The number of pyridine rings is 1. The Labute approximate surface area is 125 Å². The van der Waals surface area contributed by atoms with Crippen molar-refractivity contribution < 1.29 is 0 Å². The number of nitrogens with zero attached hydrogens (tertiary/aromatic N) is 2. The second-order valence-corrected chi connectivity index (χ2v) is 5.48. The summed E-state index contributed by atoms with van der Waals surface area (Å²) in [5, 5.41) is 4.08. The lowest BCUT2D eigenvalue weighted by atomic mass is 10.2. The number of aromatic nitrogens is 3. The summed E-state index contributed by atoms with van der Waals surface area (Å²) in [5.41, 5.74) is 1.91. The third-order valence-electron chi connectivity index (χ3n) is 3.63. The third-order valence-corrected chi connectivity index (χ3v) is 3.88. The minimum absolute atomic E-state index is 0.132. The van der Waals surface area contributed by atoms with Crippen LogP contribution in [0.4, 0.5) is 0 Å². The molecule has 0 bridgehead atoms. The fraction of sp³-hybridized carbons (Fsp3) is 0.200. The van der Waals surface area contributed by atoms with Gasteiger partial charge in [0.15, 0.2) is 0 Å². The zero-order valence-electron chi connectivity index (χ0n) is 11.7. The number of nitrogens with one attached hydrogen (secondary N) is 1. The van der Waals surface area contributed by atoms with Crippen molar-refractivity contribution in [3.05, 3.63) is 67.3 Å². The summed E-state index contributed by atoms with van der Waals surface area (Å²) >= 11 is 5.86. The summed E-state index contributed by atoms with van der Waals surface area (Å²) in [6, 6.07) is 8.76. The number of H-pyrrole nitrogens is 1. The molecule has 108 valence electrons. The van der Waals surface area contributed by atoms with Gasteiger partial charge in [0.05, 0.1) is 17.4 Å². The number of aromatic amines is 1. The summed E-state index contributed by atoms with van der Waals surface area (Å²) in [7, 11) is 1.63.